The van der Waals surface area contributed by atoms with Gasteiger partial charge in [-0.3, -0.25) is 14.4 Å². The molecule has 0 atom stereocenters. The lowest BCUT2D eigenvalue weighted by Gasteiger charge is -2.25. The minimum atomic E-state index is -0.875. The van der Waals surface area contributed by atoms with Crippen molar-refractivity contribution in [2.45, 2.75) is 40.2 Å². The summed E-state index contributed by atoms with van der Waals surface area (Å²) in [5, 5.41) is 10.1. The fourth-order valence-electron chi connectivity index (χ4n) is 3.31. The molecule has 1 N–H and O–H groups in total. The molecule has 6 heteroatoms. The molecule has 6 nitrogen and oxygen atoms in total. The topological polar surface area (TPSA) is 76.1 Å². The number of carboxylic acids is 1. The van der Waals surface area contributed by atoms with Crippen LogP contribution in [-0.2, 0) is 16.2 Å². The summed E-state index contributed by atoms with van der Waals surface area (Å²) < 4.78 is 5.84. The minimum Gasteiger partial charge on any atom is -0.491 e. The maximum atomic E-state index is 13.6. The van der Waals surface area contributed by atoms with Crippen molar-refractivity contribution in [2.75, 3.05) is 11.7 Å². The first-order valence-corrected chi connectivity index (χ1v) is 10.9. The molecule has 0 unspecified atom stereocenters. The van der Waals surface area contributed by atoms with Crippen LogP contribution in [0.3, 0.4) is 0 Å². The first-order chi connectivity index (χ1) is 15.9. The van der Waals surface area contributed by atoms with E-state index in [1.165, 1.54) is 5.06 Å². The number of hydrogen-bond donors (Lipinski definition) is 1. The SMILES string of the molecule is Cc1ccc(CON(C(=O)c2cccc(C)c2C)c2ccccc2OCCCC(=O)O)cc1. The van der Waals surface area contributed by atoms with E-state index in [1.807, 2.05) is 57.2 Å². The summed E-state index contributed by atoms with van der Waals surface area (Å²) in [5.41, 5.74) is 4.97. The van der Waals surface area contributed by atoms with Gasteiger partial charge in [0, 0.05) is 12.0 Å². The zero-order valence-corrected chi connectivity index (χ0v) is 19.2. The summed E-state index contributed by atoms with van der Waals surface area (Å²) in [5.74, 6) is -0.726. The first-order valence-electron chi connectivity index (χ1n) is 10.9. The number of rotatable bonds is 10. The normalized spacial score (nSPS) is 10.6. The predicted molar refractivity (Wildman–Crippen MR) is 128 cm³/mol. The molecule has 0 aliphatic carbocycles. The monoisotopic (exact) mass is 447 g/mol. The van der Waals surface area contributed by atoms with Crippen LogP contribution in [0.15, 0.2) is 66.7 Å². The number of aryl methyl sites for hydroxylation is 2. The summed E-state index contributed by atoms with van der Waals surface area (Å²) in [6, 6.07) is 20.6. The fraction of sp³-hybridized carbons (Fsp3) is 0.259. The predicted octanol–water partition coefficient (Wildman–Crippen LogP) is 5.63. The Balaban J connectivity index is 1.91. The molecule has 0 radical (unpaired) electrons. The molecule has 0 aliphatic rings. The van der Waals surface area contributed by atoms with Gasteiger partial charge < -0.3 is 9.84 Å². The molecular formula is C27H29NO5. The van der Waals surface area contributed by atoms with Gasteiger partial charge in [-0.05, 0) is 62.1 Å². The molecule has 0 saturated carbocycles. The highest BCUT2D eigenvalue weighted by atomic mass is 16.7. The number of aliphatic carboxylic acids is 1. The number of carbonyl (C=O) groups excluding carboxylic acids is 1. The summed E-state index contributed by atoms with van der Waals surface area (Å²) in [6.45, 7) is 6.30. The standard InChI is InChI=1S/C27H29NO5/c1-19-13-15-22(16-14-19)18-33-28(27(31)23-9-6-8-20(2)21(23)3)24-10-4-5-11-25(24)32-17-7-12-26(29)30/h4-6,8-11,13-16H,7,12,17-18H2,1-3H3,(H,29,30). The van der Waals surface area contributed by atoms with E-state index in [4.69, 9.17) is 14.7 Å². The zero-order chi connectivity index (χ0) is 23.8. The maximum Gasteiger partial charge on any atom is 0.303 e. The van der Waals surface area contributed by atoms with Crippen molar-refractivity contribution >= 4 is 17.6 Å². The van der Waals surface area contributed by atoms with Gasteiger partial charge in [0.2, 0.25) is 0 Å². The van der Waals surface area contributed by atoms with Gasteiger partial charge in [0.25, 0.3) is 5.91 Å². The molecule has 0 saturated heterocycles. The minimum absolute atomic E-state index is 0.0111. The van der Waals surface area contributed by atoms with Crippen LogP contribution in [0.4, 0.5) is 5.69 Å². The molecule has 1 amide bonds. The number of carboxylic acid groups (broad SMARTS) is 1. The Morgan fingerprint density at radius 3 is 2.36 bits per heavy atom. The van der Waals surface area contributed by atoms with Crippen molar-refractivity contribution in [2.24, 2.45) is 0 Å². The quantitative estimate of drug-likeness (QED) is 0.322. The van der Waals surface area contributed by atoms with Crippen molar-refractivity contribution < 1.29 is 24.3 Å². The maximum absolute atomic E-state index is 13.6. The van der Waals surface area contributed by atoms with E-state index in [0.717, 1.165) is 22.3 Å². The largest absolute Gasteiger partial charge is 0.491 e. The van der Waals surface area contributed by atoms with E-state index in [-0.39, 0.29) is 25.5 Å². The summed E-state index contributed by atoms with van der Waals surface area (Å²) in [4.78, 5) is 30.5. The van der Waals surface area contributed by atoms with Crippen LogP contribution in [0.5, 0.6) is 5.75 Å². The number of anilines is 1. The summed E-state index contributed by atoms with van der Waals surface area (Å²) in [7, 11) is 0. The molecule has 0 heterocycles. The van der Waals surface area contributed by atoms with Gasteiger partial charge in [0.1, 0.15) is 18.0 Å². The van der Waals surface area contributed by atoms with Crippen molar-refractivity contribution in [1.29, 1.82) is 0 Å². The van der Waals surface area contributed by atoms with E-state index in [2.05, 4.69) is 0 Å². The lowest BCUT2D eigenvalue weighted by atomic mass is 10.0. The number of nitrogens with zero attached hydrogens (tertiary/aromatic N) is 1. The van der Waals surface area contributed by atoms with Crippen LogP contribution in [0.25, 0.3) is 0 Å². The highest BCUT2D eigenvalue weighted by Crippen LogP contribution is 2.31. The van der Waals surface area contributed by atoms with Gasteiger partial charge in [-0.2, -0.15) is 5.06 Å². The average Bonchev–Trinajstić information content (AvgIpc) is 2.80. The van der Waals surface area contributed by atoms with Gasteiger partial charge >= 0.3 is 5.97 Å². The van der Waals surface area contributed by atoms with Crippen molar-refractivity contribution in [3.05, 3.63) is 94.5 Å². The van der Waals surface area contributed by atoms with Crippen LogP contribution in [0.2, 0.25) is 0 Å². The summed E-state index contributed by atoms with van der Waals surface area (Å²) >= 11 is 0. The number of carbonyl (C=O) groups is 2. The molecule has 0 aromatic heterocycles. The molecule has 3 rings (SSSR count). The molecule has 0 aliphatic heterocycles. The lowest BCUT2D eigenvalue weighted by Crippen LogP contribution is -2.32. The molecule has 3 aromatic rings. The number of hydroxylamine groups is 1. The zero-order valence-electron chi connectivity index (χ0n) is 19.2. The number of para-hydroxylation sites is 2. The first kappa shape index (κ1) is 24.0. The van der Waals surface area contributed by atoms with Crippen LogP contribution < -0.4 is 9.80 Å². The van der Waals surface area contributed by atoms with Crippen LogP contribution >= 0.6 is 0 Å². The van der Waals surface area contributed by atoms with Gasteiger partial charge in [-0.15, -0.1) is 0 Å². The Morgan fingerprint density at radius 2 is 1.64 bits per heavy atom. The van der Waals surface area contributed by atoms with E-state index >= 15 is 0 Å². The molecule has 0 fully saturated rings. The smallest absolute Gasteiger partial charge is 0.303 e. The van der Waals surface area contributed by atoms with Crippen molar-refractivity contribution in [1.82, 2.24) is 0 Å². The Labute approximate surface area is 194 Å². The number of ether oxygens (including phenoxy) is 1. The third kappa shape index (κ3) is 6.43. The van der Waals surface area contributed by atoms with E-state index in [1.54, 1.807) is 30.3 Å². The third-order valence-electron chi connectivity index (χ3n) is 5.38. The second kappa shape index (κ2) is 11.3. The molecule has 33 heavy (non-hydrogen) atoms. The van der Waals surface area contributed by atoms with Crippen molar-refractivity contribution in [3.63, 3.8) is 0 Å². The van der Waals surface area contributed by atoms with Crippen molar-refractivity contribution in [3.8, 4) is 5.75 Å². The van der Waals surface area contributed by atoms with Gasteiger partial charge in [-0.1, -0.05) is 54.1 Å². The average molecular weight is 448 g/mol. The number of hydrogen-bond acceptors (Lipinski definition) is 4. The Hall–Kier alpha value is -3.64. The second-order valence-electron chi connectivity index (χ2n) is 7.92. The van der Waals surface area contributed by atoms with Crippen LogP contribution in [0.1, 0.15) is 45.5 Å². The highest BCUT2D eigenvalue weighted by molar-refractivity contribution is 6.06. The summed E-state index contributed by atoms with van der Waals surface area (Å²) in [6.07, 6.45) is 0.371. The van der Waals surface area contributed by atoms with E-state index in [9.17, 15) is 9.59 Å². The molecule has 0 spiro atoms. The number of amides is 1. The van der Waals surface area contributed by atoms with Gasteiger partial charge in [0.15, 0.2) is 0 Å². The molecule has 3 aromatic carbocycles. The number of benzene rings is 3. The van der Waals surface area contributed by atoms with Gasteiger partial charge in [-0.25, -0.2) is 0 Å². The Morgan fingerprint density at radius 1 is 0.909 bits per heavy atom. The lowest BCUT2D eigenvalue weighted by molar-refractivity contribution is -0.137. The van der Waals surface area contributed by atoms with Gasteiger partial charge in [0.05, 0.1) is 6.61 Å². The van der Waals surface area contributed by atoms with Crippen LogP contribution in [0, 0.1) is 20.8 Å². The molecule has 172 valence electrons. The van der Waals surface area contributed by atoms with E-state index < -0.39 is 5.97 Å². The second-order valence-corrected chi connectivity index (χ2v) is 7.92. The molecular weight excluding hydrogens is 418 g/mol. The van der Waals surface area contributed by atoms with E-state index in [0.29, 0.717) is 23.4 Å². The molecule has 0 bridgehead atoms. The van der Waals surface area contributed by atoms with Crippen LogP contribution in [-0.4, -0.2) is 23.6 Å². The Kier molecular flexibility index (Phi) is 8.22. The third-order valence-corrected chi connectivity index (χ3v) is 5.38. The fourth-order valence-corrected chi connectivity index (χ4v) is 3.31. The highest BCUT2D eigenvalue weighted by Gasteiger charge is 2.24. The Bertz CT molecular complexity index is 1110.